The molecule has 2 N–H and O–H groups in total. The highest BCUT2D eigenvalue weighted by atomic mass is 35.5. The van der Waals surface area contributed by atoms with Crippen LogP contribution in [0.4, 0.5) is 0 Å². The van der Waals surface area contributed by atoms with Crippen LogP contribution in [0.15, 0.2) is 55.1 Å². The maximum Gasteiger partial charge on any atom is 0.282 e. The Morgan fingerprint density at radius 3 is 2.70 bits per heavy atom. The molecule has 1 heterocycles. The summed E-state index contributed by atoms with van der Waals surface area (Å²) in [6.07, 6.45) is -0.732. The van der Waals surface area contributed by atoms with E-state index in [0.29, 0.717) is 22.2 Å². The van der Waals surface area contributed by atoms with Gasteiger partial charge in [-0.05, 0) is 24.3 Å². The van der Waals surface area contributed by atoms with Gasteiger partial charge in [0.25, 0.3) is 5.91 Å². The van der Waals surface area contributed by atoms with Crippen molar-refractivity contribution >= 4 is 23.2 Å². The van der Waals surface area contributed by atoms with Crippen molar-refractivity contribution in [2.45, 2.75) is 6.10 Å². The Kier molecular flexibility index (Phi) is 4.39. The normalized spacial score (nSPS) is 15.6. The summed E-state index contributed by atoms with van der Waals surface area (Å²) < 4.78 is 11.1. The van der Waals surface area contributed by atoms with Gasteiger partial charge >= 0.3 is 0 Å². The average molecular weight is 331 g/mol. The lowest BCUT2D eigenvalue weighted by atomic mass is 10.2. The van der Waals surface area contributed by atoms with Crippen molar-refractivity contribution in [1.29, 1.82) is 0 Å². The first-order valence-corrected chi connectivity index (χ1v) is 7.40. The summed E-state index contributed by atoms with van der Waals surface area (Å²) in [5.41, 5.74) is 6.63. The van der Waals surface area contributed by atoms with E-state index in [1.165, 1.54) is 0 Å². The standard InChI is InChI=1S/C17H15ClN2O3/c1-11(12-5-4-6-13(18)9-12)19-20-17(21)16-10-22-14-7-2-3-8-15(14)23-16/h2-9,16,19H,1,10H2,(H,20,21)/t16-/m1/s1. The van der Waals surface area contributed by atoms with Gasteiger partial charge in [-0.2, -0.15) is 0 Å². The predicted molar refractivity (Wildman–Crippen MR) is 88.1 cm³/mol. The summed E-state index contributed by atoms with van der Waals surface area (Å²) in [6.45, 7) is 4.01. The van der Waals surface area contributed by atoms with Gasteiger partial charge in [0, 0.05) is 10.6 Å². The minimum atomic E-state index is -0.732. The number of nitrogens with one attached hydrogen (secondary N) is 2. The van der Waals surface area contributed by atoms with E-state index in [4.69, 9.17) is 21.1 Å². The number of fused-ring (bicyclic) bond motifs is 1. The number of benzene rings is 2. The maximum atomic E-state index is 12.2. The zero-order valence-corrected chi connectivity index (χ0v) is 13.0. The summed E-state index contributed by atoms with van der Waals surface area (Å²) in [7, 11) is 0. The molecule has 0 radical (unpaired) electrons. The van der Waals surface area contributed by atoms with Crippen LogP contribution in [0.2, 0.25) is 5.02 Å². The van der Waals surface area contributed by atoms with E-state index in [-0.39, 0.29) is 12.5 Å². The van der Waals surface area contributed by atoms with Crippen molar-refractivity contribution in [2.24, 2.45) is 0 Å². The van der Waals surface area contributed by atoms with Gasteiger partial charge in [0.2, 0.25) is 6.10 Å². The lowest BCUT2D eigenvalue weighted by molar-refractivity contribution is -0.131. The molecule has 2 aromatic carbocycles. The van der Waals surface area contributed by atoms with Crippen molar-refractivity contribution in [2.75, 3.05) is 6.61 Å². The number of hydrogen-bond donors (Lipinski definition) is 2. The number of amides is 1. The first kappa shape index (κ1) is 15.2. The molecule has 3 rings (SSSR count). The van der Waals surface area contributed by atoms with Crippen LogP contribution in [0.1, 0.15) is 5.56 Å². The highest BCUT2D eigenvalue weighted by Crippen LogP contribution is 2.30. The highest BCUT2D eigenvalue weighted by molar-refractivity contribution is 6.30. The topological polar surface area (TPSA) is 59.6 Å². The minimum Gasteiger partial charge on any atom is -0.485 e. The number of para-hydroxylation sites is 2. The molecule has 0 spiro atoms. The largest absolute Gasteiger partial charge is 0.485 e. The number of hydrazine groups is 1. The predicted octanol–water partition coefficient (Wildman–Crippen LogP) is 2.77. The summed E-state index contributed by atoms with van der Waals surface area (Å²) in [6, 6.07) is 14.4. The van der Waals surface area contributed by atoms with Crippen LogP contribution in [-0.4, -0.2) is 18.6 Å². The quantitative estimate of drug-likeness (QED) is 0.846. The Morgan fingerprint density at radius 2 is 1.91 bits per heavy atom. The number of rotatable bonds is 4. The fraction of sp³-hybridized carbons (Fsp3) is 0.118. The number of carbonyl (C=O) groups is 1. The van der Waals surface area contributed by atoms with Crippen molar-refractivity contribution in [3.8, 4) is 11.5 Å². The molecule has 0 bridgehead atoms. The minimum absolute atomic E-state index is 0.147. The molecule has 118 valence electrons. The molecule has 0 fully saturated rings. The summed E-state index contributed by atoms with van der Waals surface area (Å²) in [5.74, 6) is 0.836. The average Bonchev–Trinajstić information content (AvgIpc) is 2.59. The van der Waals surface area contributed by atoms with Gasteiger partial charge in [-0.3, -0.25) is 15.6 Å². The molecule has 1 atom stereocenters. The van der Waals surface area contributed by atoms with Crippen LogP contribution in [0, 0.1) is 0 Å². The van der Waals surface area contributed by atoms with Gasteiger partial charge in [0.1, 0.15) is 6.61 Å². The maximum absolute atomic E-state index is 12.2. The zero-order chi connectivity index (χ0) is 16.2. The molecule has 0 aliphatic carbocycles. The summed E-state index contributed by atoms with van der Waals surface area (Å²) in [5, 5.41) is 0.595. The van der Waals surface area contributed by atoms with Crippen molar-refractivity contribution < 1.29 is 14.3 Å². The smallest absolute Gasteiger partial charge is 0.282 e. The van der Waals surface area contributed by atoms with Crippen LogP contribution >= 0.6 is 11.6 Å². The molecule has 6 heteroatoms. The van der Waals surface area contributed by atoms with E-state index in [1.807, 2.05) is 18.2 Å². The third-order valence-electron chi connectivity index (χ3n) is 3.31. The first-order chi connectivity index (χ1) is 11.1. The third kappa shape index (κ3) is 3.57. The van der Waals surface area contributed by atoms with E-state index in [0.717, 1.165) is 5.56 Å². The Labute approximate surface area is 138 Å². The second kappa shape index (κ2) is 6.62. The second-order valence-corrected chi connectivity index (χ2v) is 5.40. The van der Waals surface area contributed by atoms with E-state index >= 15 is 0 Å². The van der Waals surface area contributed by atoms with E-state index < -0.39 is 6.10 Å². The van der Waals surface area contributed by atoms with Crippen LogP contribution < -0.4 is 20.3 Å². The molecule has 1 aliphatic rings. The molecule has 1 aliphatic heterocycles. The first-order valence-electron chi connectivity index (χ1n) is 7.02. The Hall–Kier alpha value is -2.66. The monoisotopic (exact) mass is 330 g/mol. The molecular formula is C17H15ClN2O3. The SMILES string of the molecule is C=C(NNC(=O)[C@H]1COc2ccccc2O1)c1cccc(Cl)c1. The lowest BCUT2D eigenvalue weighted by Gasteiger charge is -2.25. The van der Waals surface area contributed by atoms with Gasteiger partial charge in [0.15, 0.2) is 11.5 Å². The second-order valence-electron chi connectivity index (χ2n) is 4.97. The number of halogens is 1. The number of ether oxygens (including phenoxy) is 2. The molecule has 1 amide bonds. The van der Waals surface area contributed by atoms with Crippen molar-refractivity contribution in [3.05, 3.63) is 65.7 Å². The van der Waals surface area contributed by atoms with Crippen molar-refractivity contribution in [3.63, 3.8) is 0 Å². The third-order valence-corrected chi connectivity index (χ3v) is 3.55. The lowest BCUT2D eigenvalue weighted by Crippen LogP contribution is -2.48. The van der Waals surface area contributed by atoms with Crippen LogP contribution in [0.5, 0.6) is 11.5 Å². The Balaban J connectivity index is 1.57. The zero-order valence-electron chi connectivity index (χ0n) is 12.2. The van der Waals surface area contributed by atoms with Crippen LogP contribution in [0.3, 0.4) is 0 Å². The molecule has 2 aromatic rings. The Bertz CT molecular complexity index is 748. The van der Waals surface area contributed by atoms with E-state index in [2.05, 4.69) is 17.4 Å². The molecule has 0 aromatic heterocycles. The van der Waals surface area contributed by atoms with Gasteiger partial charge in [0.05, 0.1) is 5.70 Å². The molecular weight excluding hydrogens is 316 g/mol. The summed E-state index contributed by atoms with van der Waals surface area (Å²) >= 11 is 5.93. The van der Waals surface area contributed by atoms with Gasteiger partial charge in [-0.25, -0.2) is 0 Å². The van der Waals surface area contributed by atoms with Crippen LogP contribution in [-0.2, 0) is 4.79 Å². The Morgan fingerprint density at radius 1 is 1.13 bits per heavy atom. The van der Waals surface area contributed by atoms with E-state index in [9.17, 15) is 4.79 Å². The van der Waals surface area contributed by atoms with Gasteiger partial charge in [-0.1, -0.05) is 42.4 Å². The van der Waals surface area contributed by atoms with Gasteiger partial charge in [-0.15, -0.1) is 0 Å². The summed E-state index contributed by atoms with van der Waals surface area (Å²) in [4.78, 5) is 12.2. The highest BCUT2D eigenvalue weighted by Gasteiger charge is 2.27. The molecule has 0 unspecified atom stereocenters. The molecule has 5 nitrogen and oxygen atoms in total. The number of carbonyl (C=O) groups excluding carboxylic acids is 1. The molecule has 23 heavy (non-hydrogen) atoms. The van der Waals surface area contributed by atoms with E-state index in [1.54, 1.807) is 30.3 Å². The number of hydrogen-bond acceptors (Lipinski definition) is 4. The van der Waals surface area contributed by atoms with Crippen LogP contribution in [0.25, 0.3) is 5.70 Å². The van der Waals surface area contributed by atoms with Gasteiger partial charge < -0.3 is 9.47 Å². The molecule has 0 saturated heterocycles. The fourth-order valence-corrected chi connectivity index (χ4v) is 2.30. The fourth-order valence-electron chi connectivity index (χ4n) is 2.11. The molecule has 0 saturated carbocycles. The van der Waals surface area contributed by atoms with Crippen molar-refractivity contribution in [1.82, 2.24) is 10.9 Å².